The molecule has 0 aliphatic carbocycles. The molecule has 3 rings (SSSR count). The van der Waals surface area contributed by atoms with Gasteiger partial charge in [0.05, 0.1) is 17.6 Å². The summed E-state index contributed by atoms with van der Waals surface area (Å²) in [5.41, 5.74) is 1.75. The zero-order chi connectivity index (χ0) is 19.2. The van der Waals surface area contributed by atoms with Gasteiger partial charge < -0.3 is 9.73 Å². The monoisotopic (exact) mass is 402 g/mol. The van der Waals surface area contributed by atoms with Gasteiger partial charge in [0.2, 0.25) is 5.91 Å². The SMILES string of the molecule is C=CCn1c(SCC(=O)NCc2ccccc2Cl)nnc1-c1ccoc1C. The summed E-state index contributed by atoms with van der Waals surface area (Å²) in [6.07, 6.45) is 3.39. The van der Waals surface area contributed by atoms with Crippen LogP contribution in [0.25, 0.3) is 11.4 Å². The van der Waals surface area contributed by atoms with Crippen molar-refractivity contribution in [3.8, 4) is 11.4 Å². The fraction of sp³-hybridized carbons (Fsp3) is 0.211. The molecule has 1 N–H and O–H groups in total. The lowest BCUT2D eigenvalue weighted by Gasteiger charge is -2.08. The van der Waals surface area contributed by atoms with Crippen LogP contribution in [0, 0.1) is 6.92 Å². The van der Waals surface area contributed by atoms with E-state index in [1.54, 1.807) is 18.4 Å². The van der Waals surface area contributed by atoms with E-state index in [0.29, 0.717) is 29.1 Å². The van der Waals surface area contributed by atoms with E-state index in [0.717, 1.165) is 16.9 Å². The summed E-state index contributed by atoms with van der Waals surface area (Å²) in [4.78, 5) is 12.2. The molecular weight excluding hydrogens is 384 g/mol. The lowest BCUT2D eigenvalue weighted by molar-refractivity contribution is -0.118. The Balaban J connectivity index is 1.64. The number of rotatable bonds is 8. The van der Waals surface area contributed by atoms with Crippen molar-refractivity contribution < 1.29 is 9.21 Å². The summed E-state index contributed by atoms with van der Waals surface area (Å²) in [5.74, 6) is 1.58. The topological polar surface area (TPSA) is 73.0 Å². The molecule has 0 aliphatic rings. The maximum Gasteiger partial charge on any atom is 0.230 e. The van der Waals surface area contributed by atoms with Gasteiger partial charge in [0.25, 0.3) is 0 Å². The number of benzene rings is 1. The number of hydrogen-bond donors (Lipinski definition) is 1. The van der Waals surface area contributed by atoms with Crippen molar-refractivity contribution in [1.82, 2.24) is 20.1 Å². The Morgan fingerprint density at radius 1 is 1.37 bits per heavy atom. The Hall–Kier alpha value is -2.51. The van der Waals surface area contributed by atoms with Gasteiger partial charge in [0.15, 0.2) is 11.0 Å². The number of amides is 1. The molecule has 6 nitrogen and oxygen atoms in total. The molecule has 3 aromatic rings. The highest BCUT2D eigenvalue weighted by Crippen LogP contribution is 2.27. The van der Waals surface area contributed by atoms with Crippen molar-refractivity contribution in [3.63, 3.8) is 0 Å². The van der Waals surface area contributed by atoms with Crippen LogP contribution in [0.5, 0.6) is 0 Å². The summed E-state index contributed by atoms with van der Waals surface area (Å²) in [6.45, 7) is 6.58. The van der Waals surface area contributed by atoms with Crippen LogP contribution < -0.4 is 5.32 Å². The van der Waals surface area contributed by atoms with Crippen molar-refractivity contribution >= 4 is 29.3 Å². The predicted octanol–water partition coefficient (Wildman–Crippen LogP) is 4.09. The lowest BCUT2D eigenvalue weighted by atomic mass is 10.2. The molecule has 0 atom stereocenters. The summed E-state index contributed by atoms with van der Waals surface area (Å²) >= 11 is 7.43. The molecule has 0 bridgehead atoms. The molecule has 0 fully saturated rings. The van der Waals surface area contributed by atoms with Crippen LogP contribution in [0.2, 0.25) is 5.02 Å². The van der Waals surface area contributed by atoms with Crippen molar-refractivity contribution in [1.29, 1.82) is 0 Å². The Bertz CT molecular complexity index is 951. The Kier molecular flexibility index (Phi) is 6.36. The maximum absolute atomic E-state index is 12.2. The second-order valence-corrected chi connectivity index (χ2v) is 7.10. The summed E-state index contributed by atoms with van der Waals surface area (Å²) in [5, 5.41) is 12.6. The largest absolute Gasteiger partial charge is 0.469 e. The van der Waals surface area contributed by atoms with Crippen LogP contribution in [0.1, 0.15) is 11.3 Å². The number of halogens is 1. The number of nitrogens with one attached hydrogen (secondary N) is 1. The Morgan fingerprint density at radius 3 is 2.89 bits per heavy atom. The van der Waals surface area contributed by atoms with Gasteiger partial charge >= 0.3 is 0 Å². The maximum atomic E-state index is 12.2. The van der Waals surface area contributed by atoms with Gasteiger partial charge in [-0.25, -0.2) is 0 Å². The van der Waals surface area contributed by atoms with Crippen molar-refractivity contribution in [2.24, 2.45) is 0 Å². The third-order valence-corrected chi connectivity index (χ3v) is 5.23. The second kappa shape index (κ2) is 8.92. The second-order valence-electron chi connectivity index (χ2n) is 5.75. The number of hydrogen-bond acceptors (Lipinski definition) is 5. The molecule has 0 saturated heterocycles. The summed E-state index contributed by atoms with van der Waals surface area (Å²) in [6, 6.07) is 9.28. The minimum Gasteiger partial charge on any atom is -0.469 e. The molecule has 1 aromatic carbocycles. The van der Waals surface area contributed by atoms with Gasteiger partial charge in [-0.1, -0.05) is 47.6 Å². The van der Waals surface area contributed by atoms with Crippen LogP contribution in [-0.4, -0.2) is 26.4 Å². The van der Waals surface area contributed by atoms with Gasteiger partial charge in [0, 0.05) is 18.1 Å². The zero-order valence-electron chi connectivity index (χ0n) is 14.8. The first-order valence-electron chi connectivity index (χ1n) is 8.31. The molecular formula is C19H19ClN4O2S. The van der Waals surface area contributed by atoms with Crippen molar-refractivity contribution in [3.05, 3.63) is 65.6 Å². The minimum absolute atomic E-state index is 0.103. The van der Waals surface area contributed by atoms with Crippen LogP contribution >= 0.6 is 23.4 Å². The number of aromatic nitrogens is 3. The molecule has 27 heavy (non-hydrogen) atoms. The fourth-order valence-corrected chi connectivity index (χ4v) is 3.50. The van der Waals surface area contributed by atoms with E-state index >= 15 is 0 Å². The molecule has 0 unspecified atom stereocenters. The van der Waals surface area contributed by atoms with Gasteiger partial charge in [-0.15, -0.1) is 16.8 Å². The molecule has 1 amide bonds. The number of carbonyl (C=O) groups is 1. The summed E-state index contributed by atoms with van der Waals surface area (Å²) < 4.78 is 7.27. The van der Waals surface area contributed by atoms with Gasteiger partial charge in [-0.05, 0) is 24.6 Å². The average molecular weight is 403 g/mol. The Morgan fingerprint density at radius 2 is 2.19 bits per heavy atom. The molecule has 8 heteroatoms. The molecule has 140 valence electrons. The molecule has 2 aromatic heterocycles. The first-order chi connectivity index (χ1) is 13.1. The van der Waals surface area contributed by atoms with Gasteiger partial charge in [-0.2, -0.15) is 0 Å². The van der Waals surface area contributed by atoms with E-state index < -0.39 is 0 Å². The van der Waals surface area contributed by atoms with E-state index in [2.05, 4.69) is 22.1 Å². The first-order valence-corrected chi connectivity index (χ1v) is 9.68. The minimum atomic E-state index is -0.103. The lowest BCUT2D eigenvalue weighted by Crippen LogP contribution is -2.24. The predicted molar refractivity (Wildman–Crippen MR) is 107 cm³/mol. The third-order valence-electron chi connectivity index (χ3n) is 3.89. The van der Waals surface area contributed by atoms with Crippen LogP contribution in [0.3, 0.4) is 0 Å². The fourth-order valence-electron chi connectivity index (χ4n) is 2.52. The highest BCUT2D eigenvalue weighted by molar-refractivity contribution is 7.99. The van der Waals surface area contributed by atoms with E-state index in [4.69, 9.17) is 16.0 Å². The van der Waals surface area contributed by atoms with E-state index in [-0.39, 0.29) is 11.7 Å². The molecule has 0 saturated carbocycles. The molecule has 2 heterocycles. The van der Waals surface area contributed by atoms with Crippen LogP contribution in [0.4, 0.5) is 0 Å². The number of nitrogens with zero attached hydrogens (tertiary/aromatic N) is 3. The zero-order valence-corrected chi connectivity index (χ0v) is 16.4. The third kappa shape index (κ3) is 4.61. The first kappa shape index (κ1) is 19.3. The normalized spacial score (nSPS) is 10.7. The molecule has 0 spiro atoms. The number of aryl methyl sites for hydroxylation is 1. The number of allylic oxidation sites excluding steroid dienone is 1. The highest BCUT2D eigenvalue weighted by Gasteiger charge is 2.17. The number of furan rings is 1. The van der Waals surface area contributed by atoms with Gasteiger partial charge in [-0.3, -0.25) is 9.36 Å². The van der Waals surface area contributed by atoms with Crippen LogP contribution in [0.15, 0.2) is 58.8 Å². The smallest absolute Gasteiger partial charge is 0.230 e. The van der Waals surface area contributed by atoms with E-state index in [1.807, 2.05) is 35.8 Å². The van der Waals surface area contributed by atoms with Crippen molar-refractivity contribution in [2.45, 2.75) is 25.2 Å². The number of carbonyl (C=O) groups excluding carboxylic acids is 1. The summed E-state index contributed by atoms with van der Waals surface area (Å²) in [7, 11) is 0. The van der Waals surface area contributed by atoms with E-state index in [9.17, 15) is 4.79 Å². The van der Waals surface area contributed by atoms with Gasteiger partial charge in [0.1, 0.15) is 5.76 Å². The molecule has 0 aliphatic heterocycles. The van der Waals surface area contributed by atoms with Crippen LogP contribution in [-0.2, 0) is 17.9 Å². The van der Waals surface area contributed by atoms with E-state index in [1.165, 1.54) is 11.8 Å². The highest BCUT2D eigenvalue weighted by atomic mass is 35.5. The quantitative estimate of drug-likeness (QED) is 0.453. The average Bonchev–Trinajstić information content (AvgIpc) is 3.25. The van der Waals surface area contributed by atoms with Crippen molar-refractivity contribution in [2.75, 3.05) is 5.75 Å². The number of thioether (sulfide) groups is 1. The standard InChI is InChI=1S/C19H19ClN4O2S/c1-3-9-24-18(15-8-10-26-13(15)2)22-23-19(24)27-12-17(25)21-11-14-6-4-5-7-16(14)20/h3-8,10H,1,9,11-12H2,2H3,(H,21,25). The Labute approximate surface area is 166 Å². The molecule has 0 radical (unpaired) electrons.